The molecule has 0 aliphatic rings. The zero-order valence-electron chi connectivity index (χ0n) is 12.0. The van der Waals surface area contributed by atoms with Gasteiger partial charge in [0.1, 0.15) is 5.82 Å². The van der Waals surface area contributed by atoms with Gasteiger partial charge in [0.25, 0.3) is 0 Å². The first kappa shape index (κ1) is 16.2. The maximum absolute atomic E-state index is 11.7. The topological polar surface area (TPSA) is 99.8 Å². The van der Waals surface area contributed by atoms with E-state index in [4.69, 9.17) is 0 Å². The molecule has 1 atom stereocenters. The second-order valence-corrected chi connectivity index (χ2v) is 6.47. The van der Waals surface area contributed by atoms with Gasteiger partial charge in [-0.3, -0.25) is 15.2 Å². The number of hydrogen-bond donors (Lipinski definition) is 3. The zero-order chi connectivity index (χ0) is 15.9. The molecule has 0 aliphatic heterocycles. The van der Waals surface area contributed by atoms with Crippen molar-refractivity contribution in [1.29, 1.82) is 0 Å². The van der Waals surface area contributed by atoms with E-state index in [0.29, 0.717) is 11.0 Å². The van der Waals surface area contributed by atoms with Gasteiger partial charge in [0.05, 0.1) is 5.25 Å². The minimum atomic E-state index is -0.535. The lowest BCUT2D eigenvalue weighted by Crippen LogP contribution is -2.41. The minimum absolute atomic E-state index is 0.398. The molecule has 3 N–H and O–H groups in total. The Bertz CT molecular complexity index is 666. The fourth-order valence-electron chi connectivity index (χ4n) is 1.42. The molecule has 7 nitrogen and oxygen atoms in total. The fraction of sp³-hybridized carbons (Fsp3) is 0.231. The van der Waals surface area contributed by atoms with Gasteiger partial charge in [-0.1, -0.05) is 17.8 Å². The molecule has 0 aliphatic carbocycles. The van der Waals surface area contributed by atoms with Gasteiger partial charge in [0.2, 0.25) is 11.1 Å². The summed E-state index contributed by atoms with van der Waals surface area (Å²) in [5, 5.41) is 13.3. The van der Waals surface area contributed by atoms with Crippen LogP contribution >= 0.6 is 23.1 Å². The second-order valence-electron chi connectivity index (χ2n) is 4.18. The van der Waals surface area contributed by atoms with E-state index in [1.54, 1.807) is 18.3 Å². The molecule has 2 heterocycles. The van der Waals surface area contributed by atoms with Crippen molar-refractivity contribution >= 4 is 47.2 Å². The molecule has 116 valence electrons. The first-order valence-electron chi connectivity index (χ1n) is 6.41. The van der Waals surface area contributed by atoms with Crippen LogP contribution in [0.15, 0.2) is 22.7 Å². The smallest absolute Gasteiger partial charge is 0.321 e. The van der Waals surface area contributed by atoms with E-state index < -0.39 is 17.2 Å². The third-order valence-electron chi connectivity index (χ3n) is 2.55. The van der Waals surface area contributed by atoms with E-state index in [9.17, 15) is 9.59 Å². The summed E-state index contributed by atoms with van der Waals surface area (Å²) in [5.74, 6) is 0.208. The first-order chi connectivity index (χ1) is 10.6. The maximum Gasteiger partial charge on any atom is 0.321 e. The van der Waals surface area contributed by atoms with Crippen molar-refractivity contribution in [3.63, 3.8) is 0 Å². The molecule has 3 amide bonds. The summed E-state index contributed by atoms with van der Waals surface area (Å²) in [6.45, 7) is 1.68. The van der Waals surface area contributed by atoms with Crippen molar-refractivity contribution in [3.05, 3.63) is 28.2 Å². The highest BCUT2D eigenvalue weighted by Crippen LogP contribution is 2.20. The Balaban J connectivity index is 1.91. The number of imide groups is 1. The van der Waals surface area contributed by atoms with E-state index in [0.717, 1.165) is 4.88 Å². The molecule has 0 saturated heterocycles. The van der Waals surface area contributed by atoms with Gasteiger partial charge in [-0.15, -0.1) is 16.4 Å². The van der Waals surface area contributed by atoms with Gasteiger partial charge in [-0.25, -0.2) is 9.78 Å². The molecule has 1 unspecified atom stereocenters. The summed E-state index contributed by atoms with van der Waals surface area (Å²) < 4.78 is 0. The summed E-state index contributed by atoms with van der Waals surface area (Å²) in [7, 11) is 1.45. The minimum Gasteiger partial charge on any atom is -0.341 e. The third kappa shape index (κ3) is 4.71. The highest BCUT2D eigenvalue weighted by molar-refractivity contribution is 8.00. The van der Waals surface area contributed by atoms with Crippen molar-refractivity contribution in [2.75, 3.05) is 7.05 Å². The van der Waals surface area contributed by atoms with Gasteiger partial charge in [0, 0.05) is 11.9 Å². The summed E-state index contributed by atoms with van der Waals surface area (Å²) in [6, 6.07) is 3.43. The lowest BCUT2D eigenvalue weighted by atomic mass is 10.4. The number of aromatic amines is 1. The van der Waals surface area contributed by atoms with E-state index in [2.05, 4.69) is 25.8 Å². The number of urea groups is 1. The lowest BCUT2D eigenvalue weighted by Gasteiger charge is -2.08. The Morgan fingerprint density at radius 1 is 1.45 bits per heavy atom. The number of hydrogen-bond acceptors (Lipinski definition) is 6. The van der Waals surface area contributed by atoms with Crippen LogP contribution in [0.5, 0.6) is 0 Å². The van der Waals surface area contributed by atoms with Gasteiger partial charge in [0.15, 0.2) is 0 Å². The first-order valence-corrected chi connectivity index (χ1v) is 8.17. The summed E-state index contributed by atoms with van der Waals surface area (Å²) in [6.07, 6.45) is 3.75. The molecule has 0 spiro atoms. The number of thiophene rings is 1. The quantitative estimate of drug-likeness (QED) is 0.724. The molecule has 22 heavy (non-hydrogen) atoms. The molecule has 9 heteroatoms. The standard InChI is InChI=1S/C13H15N5O2S2/c1-8(11(19)16-12(20)14-2)22-13-15-10(17-18-13)6-5-9-4-3-7-21-9/h3-8H,1-2H3,(H,15,17,18)(H2,14,16,19,20)/b6-5+. The molecular weight excluding hydrogens is 322 g/mol. The number of nitrogens with one attached hydrogen (secondary N) is 3. The number of thioether (sulfide) groups is 1. The number of aromatic nitrogens is 3. The van der Waals surface area contributed by atoms with Gasteiger partial charge >= 0.3 is 6.03 Å². The van der Waals surface area contributed by atoms with Crippen molar-refractivity contribution in [2.24, 2.45) is 0 Å². The van der Waals surface area contributed by atoms with Crippen LogP contribution in [-0.4, -0.2) is 39.4 Å². The molecule has 0 saturated carbocycles. The summed E-state index contributed by atoms with van der Waals surface area (Å²) in [4.78, 5) is 28.2. The Labute approximate surface area is 135 Å². The Morgan fingerprint density at radius 2 is 2.27 bits per heavy atom. The number of carbonyl (C=O) groups is 2. The van der Waals surface area contributed by atoms with Crippen LogP contribution in [0, 0.1) is 0 Å². The van der Waals surface area contributed by atoms with E-state index in [1.807, 2.05) is 29.7 Å². The van der Waals surface area contributed by atoms with Crippen molar-refractivity contribution < 1.29 is 9.59 Å². The van der Waals surface area contributed by atoms with E-state index in [-0.39, 0.29) is 0 Å². The number of rotatable bonds is 5. The molecule has 0 bridgehead atoms. The van der Waals surface area contributed by atoms with Crippen molar-refractivity contribution in [1.82, 2.24) is 25.8 Å². The molecule has 0 radical (unpaired) electrons. The largest absolute Gasteiger partial charge is 0.341 e. The maximum atomic E-state index is 11.7. The van der Waals surface area contributed by atoms with Crippen LogP contribution in [0.1, 0.15) is 17.6 Å². The van der Waals surface area contributed by atoms with Crippen molar-refractivity contribution in [3.8, 4) is 0 Å². The van der Waals surface area contributed by atoms with Crippen molar-refractivity contribution in [2.45, 2.75) is 17.3 Å². The number of amides is 3. The fourth-order valence-corrected chi connectivity index (χ4v) is 2.77. The summed E-state index contributed by atoms with van der Waals surface area (Å²) >= 11 is 2.80. The number of H-pyrrole nitrogens is 1. The highest BCUT2D eigenvalue weighted by atomic mass is 32.2. The van der Waals surface area contributed by atoms with Gasteiger partial charge in [-0.2, -0.15) is 0 Å². The lowest BCUT2D eigenvalue weighted by molar-refractivity contribution is -0.119. The average Bonchev–Trinajstić information content (AvgIpc) is 3.16. The number of nitrogens with zero attached hydrogens (tertiary/aromatic N) is 2. The van der Waals surface area contributed by atoms with Gasteiger partial charge in [-0.05, 0) is 30.5 Å². The Kier molecular flexibility index (Phi) is 5.73. The predicted molar refractivity (Wildman–Crippen MR) is 87.5 cm³/mol. The third-order valence-corrected chi connectivity index (χ3v) is 4.34. The molecule has 0 aromatic carbocycles. The monoisotopic (exact) mass is 337 g/mol. The Hall–Kier alpha value is -2.13. The van der Waals surface area contributed by atoms with Crippen LogP contribution in [0.4, 0.5) is 4.79 Å². The molecule has 0 fully saturated rings. The second kappa shape index (κ2) is 7.76. The SMILES string of the molecule is CNC(=O)NC(=O)C(C)Sc1n[nH]c(/C=C/c2cccs2)n1. The predicted octanol–water partition coefficient (Wildman–Crippen LogP) is 1.97. The van der Waals surface area contributed by atoms with Crippen LogP contribution in [0.25, 0.3) is 12.2 Å². The van der Waals surface area contributed by atoms with Gasteiger partial charge < -0.3 is 5.32 Å². The average molecular weight is 337 g/mol. The zero-order valence-corrected chi connectivity index (χ0v) is 13.6. The van der Waals surface area contributed by atoms with E-state index in [1.165, 1.54) is 18.8 Å². The molecular formula is C13H15N5O2S2. The van der Waals surface area contributed by atoms with E-state index >= 15 is 0 Å². The highest BCUT2D eigenvalue weighted by Gasteiger charge is 2.18. The van der Waals surface area contributed by atoms with Crippen LogP contribution < -0.4 is 10.6 Å². The normalized spacial score (nSPS) is 12.3. The Morgan fingerprint density at radius 3 is 2.95 bits per heavy atom. The number of carbonyl (C=O) groups excluding carboxylic acids is 2. The molecule has 2 rings (SSSR count). The van der Waals surface area contributed by atoms with Crippen LogP contribution in [0.3, 0.4) is 0 Å². The van der Waals surface area contributed by atoms with Crippen LogP contribution in [-0.2, 0) is 4.79 Å². The molecule has 2 aromatic rings. The van der Waals surface area contributed by atoms with Crippen LogP contribution in [0.2, 0.25) is 0 Å². The molecule has 2 aromatic heterocycles. The summed E-state index contributed by atoms with van der Waals surface area (Å²) in [5.41, 5.74) is 0.